The number of Topliss-reactive ketones (excluding diaryl/α,β-unsaturated/α-hetero) is 1. The molecule has 6 rings (SSSR count). The van der Waals surface area contributed by atoms with Gasteiger partial charge in [-0.15, -0.1) is 0 Å². The van der Waals surface area contributed by atoms with Crippen LogP contribution in [0.2, 0.25) is 0 Å². The molecule has 32 heavy (non-hydrogen) atoms. The minimum Gasteiger partial charge on any atom is -0.497 e. The molecule has 1 aromatic carbocycles. The van der Waals surface area contributed by atoms with Gasteiger partial charge in [0, 0.05) is 22.6 Å². The molecule has 0 spiro atoms. The van der Waals surface area contributed by atoms with Crippen LogP contribution in [0.5, 0.6) is 5.75 Å². The number of methoxy groups -OCH3 is 1. The Balaban J connectivity index is 1.30. The van der Waals surface area contributed by atoms with Crippen LogP contribution in [0.3, 0.4) is 0 Å². The first-order chi connectivity index (χ1) is 15.2. The van der Waals surface area contributed by atoms with E-state index in [0.717, 1.165) is 54.9 Å². The van der Waals surface area contributed by atoms with E-state index in [4.69, 9.17) is 9.47 Å². The molecule has 4 aliphatic carbocycles. The maximum Gasteiger partial charge on any atom is 0.312 e. The molecule has 0 radical (unpaired) electrons. The Bertz CT molecular complexity index is 1050. The van der Waals surface area contributed by atoms with Crippen LogP contribution in [0.4, 0.5) is 0 Å². The second kappa shape index (κ2) is 7.48. The number of rotatable bonds is 6. The van der Waals surface area contributed by atoms with Gasteiger partial charge in [-0.2, -0.15) is 0 Å². The van der Waals surface area contributed by atoms with Crippen LogP contribution in [0.15, 0.2) is 30.3 Å². The number of hydrogen-bond donors (Lipinski definition) is 1. The van der Waals surface area contributed by atoms with Gasteiger partial charge in [-0.1, -0.05) is 0 Å². The summed E-state index contributed by atoms with van der Waals surface area (Å²) >= 11 is 0. The number of aliphatic hydroxyl groups is 1. The van der Waals surface area contributed by atoms with Gasteiger partial charge in [-0.05, 0) is 94.5 Å². The Morgan fingerprint density at radius 3 is 2.34 bits per heavy atom. The number of hydrogen-bond acceptors (Lipinski definition) is 5. The average Bonchev–Trinajstić information content (AvgIpc) is 3.04. The number of aromatic nitrogens is 1. The third-order valence-electron chi connectivity index (χ3n) is 7.86. The Morgan fingerprint density at radius 1 is 1.09 bits per heavy atom. The summed E-state index contributed by atoms with van der Waals surface area (Å²) in [5, 5.41) is 10.9. The summed E-state index contributed by atoms with van der Waals surface area (Å²) in [4.78, 5) is 26.1. The molecule has 6 nitrogen and oxygen atoms in total. The Kier molecular flexibility index (Phi) is 4.97. The molecular formula is C26H31NO5. The second-order valence-electron chi connectivity index (χ2n) is 10.3. The fourth-order valence-corrected chi connectivity index (χ4v) is 6.99. The maximum atomic E-state index is 13.1. The highest BCUT2D eigenvalue weighted by Gasteiger charge is 2.60. The van der Waals surface area contributed by atoms with Crippen LogP contribution in [-0.4, -0.2) is 40.7 Å². The molecule has 2 aromatic rings. The molecule has 4 fully saturated rings. The largest absolute Gasteiger partial charge is 0.497 e. The molecule has 170 valence electrons. The predicted molar refractivity (Wildman–Crippen MR) is 119 cm³/mol. The van der Waals surface area contributed by atoms with Gasteiger partial charge >= 0.3 is 5.97 Å². The van der Waals surface area contributed by atoms with Gasteiger partial charge in [0.25, 0.3) is 0 Å². The first-order valence-electron chi connectivity index (χ1n) is 11.5. The molecule has 2 atom stereocenters. The van der Waals surface area contributed by atoms with Gasteiger partial charge in [0.05, 0.1) is 18.1 Å². The molecule has 6 heteroatoms. The minimum atomic E-state index is -0.726. The zero-order valence-electron chi connectivity index (χ0n) is 19.0. The molecule has 4 aliphatic rings. The van der Waals surface area contributed by atoms with E-state index in [0.29, 0.717) is 23.8 Å². The Hall–Kier alpha value is -2.60. The van der Waals surface area contributed by atoms with Crippen LogP contribution >= 0.6 is 0 Å². The number of carbonyl (C=O) groups is 2. The second-order valence-corrected chi connectivity index (χ2v) is 10.3. The van der Waals surface area contributed by atoms with Crippen molar-refractivity contribution in [3.8, 4) is 11.4 Å². The van der Waals surface area contributed by atoms with Gasteiger partial charge in [0.1, 0.15) is 5.75 Å². The van der Waals surface area contributed by atoms with Crippen LogP contribution in [-0.2, 0) is 9.53 Å². The van der Waals surface area contributed by atoms with Crippen LogP contribution in [0.1, 0.15) is 60.3 Å². The minimum absolute atomic E-state index is 0.199. The van der Waals surface area contributed by atoms with E-state index in [1.54, 1.807) is 7.11 Å². The number of benzene rings is 1. The number of ether oxygens (including phenoxy) is 2. The van der Waals surface area contributed by atoms with Crippen LogP contribution in [0, 0.1) is 31.1 Å². The summed E-state index contributed by atoms with van der Waals surface area (Å²) in [7, 11) is 1.63. The van der Waals surface area contributed by atoms with E-state index < -0.39 is 11.0 Å². The van der Waals surface area contributed by atoms with Crippen molar-refractivity contribution in [3.63, 3.8) is 0 Å². The van der Waals surface area contributed by atoms with Crippen molar-refractivity contribution in [2.24, 2.45) is 17.3 Å². The summed E-state index contributed by atoms with van der Waals surface area (Å²) in [5.74, 6) is 1.06. The quantitative estimate of drug-likeness (QED) is 0.542. The number of aryl methyl sites for hydroxylation is 1. The van der Waals surface area contributed by atoms with Gasteiger partial charge < -0.3 is 19.1 Å². The Labute approximate surface area is 188 Å². The predicted octanol–water partition coefficient (Wildman–Crippen LogP) is 4.16. The van der Waals surface area contributed by atoms with E-state index >= 15 is 0 Å². The molecule has 1 N–H and O–H groups in total. The fraction of sp³-hybridized carbons (Fsp3) is 0.538. The molecule has 1 aromatic heterocycles. The lowest BCUT2D eigenvalue weighted by Gasteiger charge is -2.58. The Morgan fingerprint density at radius 2 is 1.75 bits per heavy atom. The third-order valence-corrected chi connectivity index (χ3v) is 7.86. The molecular weight excluding hydrogens is 406 g/mol. The van der Waals surface area contributed by atoms with E-state index in [1.807, 2.05) is 48.7 Å². The zero-order valence-corrected chi connectivity index (χ0v) is 19.0. The molecule has 4 bridgehead atoms. The first kappa shape index (κ1) is 21.3. The SMILES string of the molecule is COc1ccc(-n2c(C)cc(C(=O)COC(=O)C34CC5CC(CC(O)(C5)C3)C4)c2C)cc1. The smallest absolute Gasteiger partial charge is 0.312 e. The van der Waals surface area contributed by atoms with E-state index in [-0.39, 0.29) is 18.4 Å². The van der Waals surface area contributed by atoms with E-state index in [1.165, 1.54) is 0 Å². The highest BCUT2D eigenvalue weighted by atomic mass is 16.5. The average molecular weight is 438 g/mol. The molecule has 0 saturated heterocycles. The summed E-state index contributed by atoms with van der Waals surface area (Å²) < 4.78 is 12.8. The van der Waals surface area contributed by atoms with Crippen molar-refractivity contribution in [2.45, 2.75) is 58.0 Å². The van der Waals surface area contributed by atoms with Crippen molar-refractivity contribution in [3.05, 3.63) is 47.3 Å². The molecule has 0 amide bonds. The summed E-state index contributed by atoms with van der Waals surface area (Å²) in [6.07, 6.45) is 4.75. The van der Waals surface area contributed by atoms with Crippen molar-refractivity contribution >= 4 is 11.8 Å². The topological polar surface area (TPSA) is 77.8 Å². The number of ketones is 1. The summed E-state index contributed by atoms with van der Waals surface area (Å²) in [6, 6.07) is 9.52. The first-order valence-corrected chi connectivity index (χ1v) is 11.5. The van der Waals surface area contributed by atoms with Gasteiger partial charge in [-0.3, -0.25) is 9.59 Å². The molecule has 4 saturated carbocycles. The molecule has 2 unspecified atom stereocenters. The standard InChI is InChI=1S/C26H31NO5/c1-16-8-22(17(2)27(16)20-4-6-21(31-3)7-5-20)23(28)14-32-24(29)25-10-18-9-19(11-25)13-26(30,12-18)15-25/h4-8,18-19,30H,9-15H2,1-3H3. The maximum absolute atomic E-state index is 13.1. The summed E-state index contributed by atoms with van der Waals surface area (Å²) in [5.41, 5.74) is 1.92. The fourth-order valence-electron chi connectivity index (χ4n) is 6.99. The highest BCUT2D eigenvalue weighted by molar-refractivity contribution is 5.99. The van der Waals surface area contributed by atoms with Gasteiger partial charge in [0.2, 0.25) is 5.78 Å². The van der Waals surface area contributed by atoms with Crippen molar-refractivity contribution in [1.82, 2.24) is 4.57 Å². The zero-order chi connectivity index (χ0) is 22.7. The lowest BCUT2D eigenvalue weighted by Crippen LogP contribution is -2.58. The third kappa shape index (κ3) is 3.45. The van der Waals surface area contributed by atoms with Crippen molar-refractivity contribution in [2.75, 3.05) is 13.7 Å². The number of carbonyl (C=O) groups excluding carboxylic acids is 2. The summed E-state index contributed by atoms with van der Waals surface area (Å²) in [6.45, 7) is 3.60. The normalized spacial score (nSPS) is 30.4. The van der Waals surface area contributed by atoms with E-state index in [9.17, 15) is 14.7 Å². The van der Waals surface area contributed by atoms with E-state index in [2.05, 4.69) is 0 Å². The highest BCUT2D eigenvalue weighted by Crippen LogP contribution is 2.62. The van der Waals surface area contributed by atoms with Gasteiger partial charge in [-0.25, -0.2) is 0 Å². The molecule has 1 heterocycles. The van der Waals surface area contributed by atoms with Crippen LogP contribution < -0.4 is 4.74 Å². The number of nitrogens with zero attached hydrogens (tertiary/aromatic N) is 1. The van der Waals surface area contributed by atoms with Crippen LogP contribution in [0.25, 0.3) is 5.69 Å². The lowest BCUT2D eigenvalue weighted by atomic mass is 9.48. The lowest BCUT2D eigenvalue weighted by molar-refractivity contribution is -0.195. The van der Waals surface area contributed by atoms with Crippen molar-refractivity contribution < 1.29 is 24.2 Å². The molecule has 0 aliphatic heterocycles. The van der Waals surface area contributed by atoms with Gasteiger partial charge in [0.15, 0.2) is 6.61 Å². The monoisotopic (exact) mass is 437 g/mol. The number of esters is 1. The van der Waals surface area contributed by atoms with Crippen molar-refractivity contribution in [1.29, 1.82) is 0 Å².